The van der Waals surface area contributed by atoms with Gasteiger partial charge in [0.2, 0.25) is 0 Å². The van der Waals surface area contributed by atoms with E-state index in [1.54, 1.807) is 13.0 Å². The van der Waals surface area contributed by atoms with Gasteiger partial charge in [-0.15, -0.1) is 0 Å². The second-order valence-corrected chi connectivity index (χ2v) is 3.63. The molecule has 1 aromatic rings. The standard InChI is InChI=1S/C11H9ClF2N2O2/c1-2-18-8(17)3-6-5-16-7(4-15)10(12)9(6)11(13)14/h5,11H,2-3H2,1H3. The van der Waals surface area contributed by atoms with Crippen LogP contribution < -0.4 is 0 Å². The van der Waals surface area contributed by atoms with E-state index in [1.165, 1.54) is 0 Å². The number of ether oxygens (including phenoxy) is 1. The third-order valence-corrected chi connectivity index (χ3v) is 2.49. The lowest BCUT2D eigenvalue weighted by atomic mass is 10.1. The first-order valence-electron chi connectivity index (χ1n) is 5.02. The van der Waals surface area contributed by atoms with Gasteiger partial charge >= 0.3 is 5.97 Å². The molecule has 7 heteroatoms. The maximum atomic E-state index is 12.9. The van der Waals surface area contributed by atoms with Crippen LogP contribution in [0, 0.1) is 11.3 Å². The van der Waals surface area contributed by atoms with Gasteiger partial charge in [0.1, 0.15) is 6.07 Å². The fourth-order valence-electron chi connectivity index (χ4n) is 1.36. The summed E-state index contributed by atoms with van der Waals surface area (Å²) in [7, 11) is 0. The van der Waals surface area contributed by atoms with Gasteiger partial charge in [0.15, 0.2) is 5.69 Å². The van der Waals surface area contributed by atoms with Crippen LogP contribution in [-0.4, -0.2) is 17.6 Å². The van der Waals surface area contributed by atoms with Gasteiger partial charge in [-0.25, -0.2) is 13.8 Å². The molecule has 0 aliphatic heterocycles. The van der Waals surface area contributed by atoms with Crippen molar-refractivity contribution in [3.63, 3.8) is 0 Å². The number of nitrogens with zero attached hydrogens (tertiary/aromatic N) is 2. The second-order valence-electron chi connectivity index (χ2n) is 3.25. The highest BCUT2D eigenvalue weighted by molar-refractivity contribution is 6.32. The summed E-state index contributed by atoms with van der Waals surface area (Å²) in [5.41, 5.74) is -0.872. The number of hydrogen-bond acceptors (Lipinski definition) is 4. The molecule has 0 fully saturated rings. The predicted octanol–water partition coefficient (Wildman–Crippen LogP) is 2.65. The Balaban J connectivity index is 3.17. The molecule has 0 unspecified atom stereocenters. The third-order valence-electron chi connectivity index (χ3n) is 2.10. The van der Waals surface area contributed by atoms with Crippen molar-refractivity contribution in [1.82, 2.24) is 4.98 Å². The van der Waals surface area contributed by atoms with Gasteiger partial charge in [-0.1, -0.05) is 11.6 Å². The average Bonchev–Trinajstić information content (AvgIpc) is 2.29. The van der Waals surface area contributed by atoms with Crippen LogP contribution in [0.5, 0.6) is 0 Å². The van der Waals surface area contributed by atoms with E-state index in [2.05, 4.69) is 9.72 Å². The SMILES string of the molecule is CCOC(=O)Cc1cnc(C#N)c(Cl)c1C(F)F. The fourth-order valence-corrected chi connectivity index (χ4v) is 1.65. The van der Waals surface area contributed by atoms with Crippen LogP contribution in [0.1, 0.15) is 30.2 Å². The molecule has 0 N–H and O–H groups in total. The van der Waals surface area contributed by atoms with Crippen molar-refractivity contribution in [2.24, 2.45) is 0 Å². The predicted molar refractivity (Wildman–Crippen MR) is 59.3 cm³/mol. The smallest absolute Gasteiger partial charge is 0.310 e. The van der Waals surface area contributed by atoms with Crippen molar-refractivity contribution in [2.75, 3.05) is 6.61 Å². The monoisotopic (exact) mass is 274 g/mol. The molecular formula is C11H9ClF2N2O2. The summed E-state index contributed by atoms with van der Waals surface area (Å²) < 4.78 is 30.4. The van der Waals surface area contributed by atoms with Crippen LogP contribution in [0.15, 0.2) is 6.20 Å². The molecule has 0 bridgehead atoms. The summed E-state index contributed by atoms with van der Waals surface area (Å²) in [6.07, 6.45) is -2.20. The third kappa shape index (κ3) is 3.14. The van der Waals surface area contributed by atoms with E-state index in [9.17, 15) is 13.6 Å². The molecule has 0 radical (unpaired) electrons. The van der Waals surface area contributed by atoms with Gasteiger partial charge in [0.05, 0.1) is 18.1 Å². The van der Waals surface area contributed by atoms with Crippen LogP contribution in [-0.2, 0) is 16.0 Å². The van der Waals surface area contributed by atoms with Crippen molar-refractivity contribution in [1.29, 1.82) is 5.26 Å². The topological polar surface area (TPSA) is 63.0 Å². The first-order valence-corrected chi connectivity index (χ1v) is 5.40. The molecule has 0 aromatic carbocycles. The molecule has 1 heterocycles. The molecule has 0 atom stereocenters. The quantitative estimate of drug-likeness (QED) is 0.792. The van der Waals surface area contributed by atoms with Crippen molar-refractivity contribution in [2.45, 2.75) is 19.8 Å². The van der Waals surface area contributed by atoms with Crippen LogP contribution >= 0.6 is 11.6 Å². The molecule has 1 rings (SSSR count). The Bertz CT molecular complexity index is 501. The highest BCUT2D eigenvalue weighted by atomic mass is 35.5. The Hall–Kier alpha value is -1.74. The van der Waals surface area contributed by atoms with Gasteiger partial charge in [0, 0.05) is 11.8 Å². The highest BCUT2D eigenvalue weighted by Crippen LogP contribution is 2.32. The molecule has 0 spiro atoms. The molecular weight excluding hydrogens is 266 g/mol. The Labute approximate surface area is 107 Å². The first kappa shape index (κ1) is 14.3. The number of halogens is 3. The maximum Gasteiger partial charge on any atom is 0.310 e. The minimum absolute atomic E-state index is 0.0348. The average molecular weight is 275 g/mol. The molecule has 0 aliphatic rings. The number of aromatic nitrogens is 1. The molecule has 4 nitrogen and oxygen atoms in total. The van der Waals surface area contributed by atoms with Crippen LogP contribution in [0.3, 0.4) is 0 Å². The Morgan fingerprint density at radius 3 is 2.83 bits per heavy atom. The molecule has 0 saturated carbocycles. The van der Waals surface area contributed by atoms with Gasteiger partial charge in [0.25, 0.3) is 6.43 Å². The number of alkyl halides is 2. The minimum Gasteiger partial charge on any atom is -0.466 e. The number of rotatable bonds is 4. The number of carbonyl (C=O) groups is 1. The molecule has 96 valence electrons. The molecule has 1 aromatic heterocycles. The number of carbonyl (C=O) groups excluding carboxylic acids is 1. The van der Waals surface area contributed by atoms with Gasteiger partial charge in [-0.3, -0.25) is 4.79 Å². The zero-order chi connectivity index (χ0) is 13.7. The number of pyridine rings is 1. The van der Waals surface area contributed by atoms with Crippen molar-refractivity contribution < 1.29 is 18.3 Å². The minimum atomic E-state index is -2.89. The van der Waals surface area contributed by atoms with Crippen LogP contribution in [0.4, 0.5) is 8.78 Å². The van der Waals surface area contributed by atoms with Gasteiger partial charge in [-0.05, 0) is 12.5 Å². The zero-order valence-corrected chi connectivity index (χ0v) is 10.2. The summed E-state index contributed by atoms with van der Waals surface area (Å²) in [5, 5.41) is 8.23. The summed E-state index contributed by atoms with van der Waals surface area (Å²) in [6, 6.07) is 1.60. The summed E-state index contributed by atoms with van der Waals surface area (Å²) in [6.45, 7) is 1.76. The van der Waals surface area contributed by atoms with E-state index in [0.717, 1.165) is 6.20 Å². The number of nitriles is 1. The van der Waals surface area contributed by atoms with Crippen molar-refractivity contribution >= 4 is 17.6 Å². The number of hydrogen-bond donors (Lipinski definition) is 0. The Kier molecular flexibility index (Phi) is 4.98. The number of esters is 1. The van der Waals surface area contributed by atoms with Crippen LogP contribution in [0.25, 0.3) is 0 Å². The van der Waals surface area contributed by atoms with Crippen molar-refractivity contribution in [3.05, 3.63) is 28.0 Å². The summed E-state index contributed by atoms with van der Waals surface area (Å²) >= 11 is 5.65. The molecule has 18 heavy (non-hydrogen) atoms. The first-order chi connectivity index (χ1) is 8.51. The van der Waals surface area contributed by atoms with E-state index in [-0.39, 0.29) is 24.3 Å². The summed E-state index contributed by atoms with van der Waals surface area (Å²) in [5.74, 6) is -0.651. The summed E-state index contributed by atoms with van der Waals surface area (Å²) in [4.78, 5) is 14.9. The lowest BCUT2D eigenvalue weighted by Gasteiger charge is -2.10. The molecule has 0 saturated heterocycles. The van der Waals surface area contributed by atoms with Gasteiger partial charge in [-0.2, -0.15) is 5.26 Å². The van der Waals surface area contributed by atoms with Crippen molar-refractivity contribution in [3.8, 4) is 6.07 Å². The lowest BCUT2D eigenvalue weighted by Crippen LogP contribution is -2.11. The van der Waals surface area contributed by atoms with E-state index in [1.807, 2.05) is 0 Å². The Morgan fingerprint density at radius 1 is 1.67 bits per heavy atom. The zero-order valence-electron chi connectivity index (χ0n) is 9.41. The molecule has 0 amide bonds. The van der Waals surface area contributed by atoms with E-state index >= 15 is 0 Å². The van der Waals surface area contributed by atoms with E-state index in [0.29, 0.717) is 0 Å². The highest BCUT2D eigenvalue weighted by Gasteiger charge is 2.22. The van der Waals surface area contributed by atoms with E-state index < -0.39 is 23.0 Å². The Morgan fingerprint density at radius 2 is 2.33 bits per heavy atom. The second kappa shape index (κ2) is 6.26. The van der Waals surface area contributed by atoms with E-state index in [4.69, 9.17) is 16.9 Å². The van der Waals surface area contributed by atoms with Gasteiger partial charge < -0.3 is 4.74 Å². The van der Waals surface area contributed by atoms with Crippen LogP contribution in [0.2, 0.25) is 5.02 Å². The fraction of sp³-hybridized carbons (Fsp3) is 0.364. The maximum absolute atomic E-state index is 12.9. The normalized spacial score (nSPS) is 10.2. The lowest BCUT2D eigenvalue weighted by molar-refractivity contribution is -0.142. The largest absolute Gasteiger partial charge is 0.466 e. The molecule has 0 aliphatic carbocycles.